The second-order valence-corrected chi connectivity index (χ2v) is 6.54. The van der Waals surface area contributed by atoms with Crippen molar-refractivity contribution in [2.24, 2.45) is 5.92 Å². The Balaban J connectivity index is 1.59. The number of hydrogen-bond donors (Lipinski definition) is 0. The molecule has 2 aromatic rings. The Kier molecular flexibility index (Phi) is 4.44. The fourth-order valence-corrected chi connectivity index (χ4v) is 3.62. The molecule has 1 aromatic carbocycles. The van der Waals surface area contributed by atoms with Crippen molar-refractivity contribution < 1.29 is 13.9 Å². The van der Waals surface area contributed by atoms with E-state index in [1.54, 1.807) is 6.07 Å². The lowest BCUT2D eigenvalue weighted by Gasteiger charge is -2.23. The van der Waals surface area contributed by atoms with Gasteiger partial charge in [-0.2, -0.15) is 0 Å². The fraction of sp³-hybridized carbons (Fsp3) is 0.421. The Morgan fingerprint density at radius 2 is 2.12 bits per heavy atom. The zero-order valence-electron chi connectivity index (χ0n) is 13.9. The Morgan fingerprint density at radius 1 is 1.24 bits per heavy atom. The SMILES string of the molecule is O=C(C1CCOC1)N1CCc2ncnc(-c3cccc(F)c3)c2CC1. The molecule has 6 heteroatoms. The molecule has 1 atom stereocenters. The van der Waals surface area contributed by atoms with E-state index in [1.807, 2.05) is 11.0 Å². The molecule has 5 nitrogen and oxygen atoms in total. The van der Waals surface area contributed by atoms with Crippen LogP contribution in [-0.2, 0) is 22.4 Å². The predicted molar refractivity (Wildman–Crippen MR) is 90.3 cm³/mol. The summed E-state index contributed by atoms with van der Waals surface area (Å²) in [6, 6.07) is 6.46. The van der Waals surface area contributed by atoms with Gasteiger partial charge in [0, 0.05) is 42.9 Å². The highest BCUT2D eigenvalue weighted by atomic mass is 19.1. The highest BCUT2D eigenvalue weighted by molar-refractivity contribution is 5.79. The number of hydrogen-bond acceptors (Lipinski definition) is 4. The van der Waals surface area contributed by atoms with E-state index >= 15 is 0 Å². The second-order valence-electron chi connectivity index (χ2n) is 6.54. The zero-order valence-corrected chi connectivity index (χ0v) is 13.9. The molecule has 0 spiro atoms. The van der Waals surface area contributed by atoms with Gasteiger partial charge in [-0.3, -0.25) is 4.79 Å². The van der Waals surface area contributed by atoms with Crippen molar-refractivity contribution in [2.75, 3.05) is 26.3 Å². The lowest BCUT2D eigenvalue weighted by atomic mass is 10.0. The molecule has 1 amide bonds. The van der Waals surface area contributed by atoms with Crippen LogP contribution in [0, 0.1) is 11.7 Å². The number of aromatic nitrogens is 2. The van der Waals surface area contributed by atoms with E-state index in [1.165, 1.54) is 18.5 Å². The average Bonchev–Trinajstić information content (AvgIpc) is 3.07. The number of benzene rings is 1. The van der Waals surface area contributed by atoms with Gasteiger partial charge in [0.05, 0.1) is 18.2 Å². The normalized spacial score (nSPS) is 20.2. The minimum Gasteiger partial charge on any atom is -0.381 e. The van der Waals surface area contributed by atoms with E-state index in [4.69, 9.17) is 4.74 Å². The minimum atomic E-state index is -0.281. The molecule has 4 rings (SSSR count). The molecule has 0 radical (unpaired) electrons. The lowest BCUT2D eigenvalue weighted by molar-refractivity contribution is -0.135. The summed E-state index contributed by atoms with van der Waals surface area (Å²) in [5.74, 6) is -0.128. The quantitative estimate of drug-likeness (QED) is 0.841. The molecule has 3 heterocycles. The standard InChI is InChI=1S/C19H20FN3O2/c20-15-3-1-2-13(10-15)18-16-4-7-23(8-5-17(16)21-12-22-18)19(24)14-6-9-25-11-14/h1-3,10,12,14H,4-9,11H2. The smallest absolute Gasteiger partial charge is 0.228 e. The predicted octanol–water partition coefficient (Wildman–Crippen LogP) is 2.25. The number of nitrogens with zero attached hydrogens (tertiary/aromatic N) is 3. The van der Waals surface area contributed by atoms with Crippen LogP contribution in [0.2, 0.25) is 0 Å². The summed E-state index contributed by atoms with van der Waals surface area (Å²) < 4.78 is 18.9. The average molecular weight is 341 g/mol. The maximum Gasteiger partial charge on any atom is 0.228 e. The first-order chi connectivity index (χ1) is 12.2. The molecule has 2 aliphatic rings. The van der Waals surface area contributed by atoms with Crippen molar-refractivity contribution >= 4 is 5.91 Å². The number of amides is 1. The molecule has 0 aliphatic carbocycles. The number of carbonyl (C=O) groups is 1. The van der Waals surface area contributed by atoms with Crippen molar-refractivity contribution in [3.8, 4) is 11.3 Å². The van der Waals surface area contributed by atoms with Crippen LogP contribution >= 0.6 is 0 Å². The third-order valence-corrected chi connectivity index (χ3v) is 4.97. The van der Waals surface area contributed by atoms with E-state index in [0.717, 1.165) is 28.9 Å². The van der Waals surface area contributed by atoms with Gasteiger partial charge in [-0.1, -0.05) is 12.1 Å². The molecule has 1 unspecified atom stereocenters. The molecule has 1 aromatic heterocycles. The Labute approximate surface area is 145 Å². The van der Waals surface area contributed by atoms with Gasteiger partial charge in [0.25, 0.3) is 0 Å². The number of fused-ring (bicyclic) bond motifs is 1. The van der Waals surface area contributed by atoms with Gasteiger partial charge >= 0.3 is 0 Å². The van der Waals surface area contributed by atoms with Gasteiger partial charge in [0.2, 0.25) is 5.91 Å². The summed E-state index contributed by atoms with van der Waals surface area (Å²) in [7, 11) is 0. The molecule has 2 aliphatic heterocycles. The molecule has 1 fully saturated rings. The van der Waals surface area contributed by atoms with Gasteiger partial charge < -0.3 is 9.64 Å². The Bertz CT molecular complexity index is 790. The van der Waals surface area contributed by atoms with Gasteiger partial charge in [-0.05, 0) is 25.0 Å². The first-order valence-electron chi connectivity index (χ1n) is 8.67. The van der Waals surface area contributed by atoms with Crippen molar-refractivity contribution in [1.29, 1.82) is 0 Å². The van der Waals surface area contributed by atoms with Crippen LogP contribution in [-0.4, -0.2) is 47.1 Å². The Hall–Kier alpha value is -2.34. The molecular weight excluding hydrogens is 321 g/mol. The molecule has 0 bridgehead atoms. The maximum atomic E-state index is 13.6. The summed E-state index contributed by atoms with van der Waals surface area (Å²) in [6.07, 6.45) is 3.71. The van der Waals surface area contributed by atoms with Crippen molar-refractivity contribution in [3.63, 3.8) is 0 Å². The van der Waals surface area contributed by atoms with E-state index in [2.05, 4.69) is 9.97 Å². The van der Waals surface area contributed by atoms with Crippen molar-refractivity contribution in [3.05, 3.63) is 47.7 Å². The van der Waals surface area contributed by atoms with Gasteiger partial charge in [-0.15, -0.1) is 0 Å². The summed E-state index contributed by atoms with van der Waals surface area (Å²) in [6.45, 7) is 2.48. The number of halogens is 1. The molecule has 1 saturated heterocycles. The Morgan fingerprint density at radius 3 is 2.92 bits per heavy atom. The first kappa shape index (κ1) is 16.1. The molecule has 25 heavy (non-hydrogen) atoms. The van der Waals surface area contributed by atoms with E-state index in [0.29, 0.717) is 39.1 Å². The topological polar surface area (TPSA) is 55.3 Å². The van der Waals surface area contributed by atoms with Gasteiger partial charge in [-0.25, -0.2) is 14.4 Å². The van der Waals surface area contributed by atoms with Crippen molar-refractivity contribution in [2.45, 2.75) is 19.3 Å². The lowest BCUT2D eigenvalue weighted by Crippen LogP contribution is -2.38. The van der Waals surface area contributed by atoms with E-state index in [9.17, 15) is 9.18 Å². The number of carbonyl (C=O) groups excluding carboxylic acids is 1. The molecule has 130 valence electrons. The van der Waals surface area contributed by atoms with E-state index < -0.39 is 0 Å². The van der Waals surface area contributed by atoms with Crippen LogP contribution < -0.4 is 0 Å². The summed E-state index contributed by atoms with van der Waals surface area (Å²) in [4.78, 5) is 23.4. The molecule has 0 N–H and O–H groups in total. The molecule has 0 saturated carbocycles. The molecular formula is C19H20FN3O2. The van der Waals surface area contributed by atoms with Crippen LogP contribution in [0.15, 0.2) is 30.6 Å². The summed E-state index contributed by atoms with van der Waals surface area (Å²) in [5.41, 5.74) is 3.49. The highest BCUT2D eigenvalue weighted by Gasteiger charge is 2.29. The third kappa shape index (κ3) is 3.26. The van der Waals surface area contributed by atoms with Crippen LogP contribution in [0.1, 0.15) is 17.7 Å². The van der Waals surface area contributed by atoms with Crippen molar-refractivity contribution in [1.82, 2.24) is 14.9 Å². The van der Waals surface area contributed by atoms with Crippen LogP contribution in [0.3, 0.4) is 0 Å². The summed E-state index contributed by atoms with van der Waals surface area (Å²) in [5, 5.41) is 0. The fourth-order valence-electron chi connectivity index (χ4n) is 3.62. The number of ether oxygens (including phenoxy) is 1. The maximum absolute atomic E-state index is 13.6. The third-order valence-electron chi connectivity index (χ3n) is 4.97. The van der Waals surface area contributed by atoms with E-state index in [-0.39, 0.29) is 17.6 Å². The number of rotatable bonds is 2. The second kappa shape index (κ2) is 6.88. The summed E-state index contributed by atoms with van der Waals surface area (Å²) >= 11 is 0. The first-order valence-corrected chi connectivity index (χ1v) is 8.67. The van der Waals surface area contributed by atoms with Gasteiger partial charge in [0.1, 0.15) is 12.1 Å². The van der Waals surface area contributed by atoms with Crippen LogP contribution in [0.25, 0.3) is 11.3 Å². The largest absolute Gasteiger partial charge is 0.381 e. The van der Waals surface area contributed by atoms with Gasteiger partial charge in [0.15, 0.2) is 0 Å². The highest BCUT2D eigenvalue weighted by Crippen LogP contribution is 2.27. The monoisotopic (exact) mass is 341 g/mol. The van der Waals surface area contributed by atoms with Crippen LogP contribution in [0.5, 0.6) is 0 Å². The minimum absolute atomic E-state index is 0.0185. The van der Waals surface area contributed by atoms with Crippen LogP contribution in [0.4, 0.5) is 4.39 Å². The zero-order chi connectivity index (χ0) is 17.2.